The van der Waals surface area contributed by atoms with Crippen LogP contribution in [0.3, 0.4) is 0 Å². The predicted octanol–water partition coefficient (Wildman–Crippen LogP) is 2.81. The fraction of sp³-hybridized carbons (Fsp3) is 0.800. The number of aromatic amines is 1. The van der Waals surface area contributed by atoms with Crippen molar-refractivity contribution >= 4 is 11.3 Å². The van der Waals surface area contributed by atoms with Crippen LogP contribution in [0.1, 0.15) is 49.1 Å². The molecular formula is C15H24N2OS. The molecule has 106 valence electrons. The van der Waals surface area contributed by atoms with Crippen molar-refractivity contribution < 1.29 is 0 Å². The highest BCUT2D eigenvalue weighted by molar-refractivity contribution is 7.09. The minimum Gasteiger partial charge on any atom is -0.316 e. The number of hydrogen-bond acceptors (Lipinski definition) is 3. The van der Waals surface area contributed by atoms with Gasteiger partial charge in [0.05, 0.1) is 0 Å². The number of aromatic nitrogens is 1. The molecule has 0 amide bonds. The summed E-state index contributed by atoms with van der Waals surface area (Å²) in [6.45, 7) is 3.50. The van der Waals surface area contributed by atoms with E-state index in [9.17, 15) is 4.79 Å². The molecule has 1 N–H and O–H groups in total. The molecule has 19 heavy (non-hydrogen) atoms. The van der Waals surface area contributed by atoms with Crippen LogP contribution in [0.5, 0.6) is 0 Å². The number of thiazole rings is 1. The molecule has 0 unspecified atom stereocenters. The molecule has 1 aliphatic carbocycles. The van der Waals surface area contributed by atoms with Gasteiger partial charge in [0.15, 0.2) is 0 Å². The lowest BCUT2D eigenvalue weighted by Crippen LogP contribution is -2.29. The molecule has 2 heterocycles. The Hall–Kier alpha value is -0.610. The summed E-state index contributed by atoms with van der Waals surface area (Å²) in [5.74, 6) is 0.978. The zero-order valence-corrected chi connectivity index (χ0v) is 12.4. The highest BCUT2D eigenvalue weighted by Crippen LogP contribution is 2.26. The molecule has 0 atom stereocenters. The summed E-state index contributed by atoms with van der Waals surface area (Å²) in [5.41, 5.74) is 1.20. The number of hydrogen-bond donors (Lipinski definition) is 1. The largest absolute Gasteiger partial charge is 0.316 e. The van der Waals surface area contributed by atoms with Gasteiger partial charge in [0.25, 0.3) is 0 Å². The van der Waals surface area contributed by atoms with Crippen LogP contribution in [0, 0.1) is 5.92 Å². The number of nitrogens with zero attached hydrogens (tertiary/aromatic N) is 1. The summed E-state index contributed by atoms with van der Waals surface area (Å²) in [5, 5.41) is 0. The summed E-state index contributed by atoms with van der Waals surface area (Å²) in [6.07, 6.45) is 10.7. The number of nitrogens with one attached hydrogen (secondary N) is 1. The second-order valence-electron chi connectivity index (χ2n) is 6.05. The fourth-order valence-corrected chi connectivity index (χ4v) is 4.37. The van der Waals surface area contributed by atoms with E-state index in [1.165, 1.54) is 67.0 Å². The smallest absolute Gasteiger partial charge is 0.304 e. The van der Waals surface area contributed by atoms with E-state index in [4.69, 9.17) is 0 Å². The average molecular weight is 280 g/mol. The van der Waals surface area contributed by atoms with Gasteiger partial charge in [-0.3, -0.25) is 4.79 Å². The van der Waals surface area contributed by atoms with Crippen molar-refractivity contribution in [1.82, 2.24) is 9.88 Å². The first-order valence-electron chi connectivity index (χ1n) is 7.74. The monoisotopic (exact) mass is 280 g/mol. The van der Waals surface area contributed by atoms with Crippen LogP contribution in [-0.4, -0.2) is 29.5 Å². The molecule has 3 nitrogen and oxygen atoms in total. The second-order valence-corrected chi connectivity index (χ2v) is 7.12. The minimum absolute atomic E-state index is 0.126. The van der Waals surface area contributed by atoms with Crippen molar-refractivity contribution in [3.63, 3.8) is 0 Å². The van der Waals surface area contributed by atoms with Crippen LogP contribution in [0.25, 0.3) is 0 Å². The third-order valence-electron chi connectivity index (χ3n) is 4.72. The zero-order valence-electron chi connectivity index (χ0n) is 11.6. The van der Waals surface area contributed by atoms with Crippen molar-refractivity contribution in [1.29, 1.82) is 0 Å². The van der Waals surface area contributed by atoms with Gasteiger partial charge in [-0.15, -0.1) is 0 Å². The van der Waals surface area contributed by atoms with E-state index in [0.29, 0.717) is 0 Å². The minimum atomic E-state index is 0.126. The molecule has 1 saturated carbocycles. The van der Waals surface area contributed by atoms with Gasteiger partial charge in [0.1, 0.15) is 0 Å². The van der Waals surface area contributed by atoms with Gasteiger partial charge >= 0.3 is 4.87 Å². The van der Waals surface area contributed by atoms with Crippen LogP contribution >= 0.6 is 11.3 Å². The molecule has 4 heteroatoms. The summed E-state index contributed by atoms with van der Waals surface area (Å²) in [4.78, 5) is 18.3. The Bertz CT molecular complexity index is 430. The third kappa shape index (κ3) is 3.48. The van der Waals surface area contributed by atoms with E-state index in [-0.39, 0.29) is 4.87 Å². The maximum Gasteiger partial charge on any atom is 0.304 e. The van der Waals surface area contributed by atoms with Gasteiger partial charge in [-0.05, 0) is 25.3 Å². The van der Waals surface area contributed by atoms with E-state index in [2.05, 4.69) is 9.88 Å². The topological polar surface area (TPSA) is 36.1 Å². The van der Waals surface area contributed by atoms with Crippen LogP contribution < -0.4 is 4.87 Å². The summed E-state index contributed by atoms with van der Waals surface area (Å²) in [6, 6.07) is 0. The van der Waals surface area contributed by atoms with E-state index in [1.807, 2.05) is 0 Å². The standard InChI is InChI=1S/C15H24N2OS/c18-15-16-13-7-10-17(11-8-14(13)19-15)9-6-12-4-2-1-3-5-12/h12H,1-11H2,(H,16,18). The van der Waals surface area contributed by atoms with E-state index >= 15 is 0 Å². The van der Waals surface area contributed by atoms with Gasteiger partial charge in [0, 0.05) is 30.1 Å². The van der Waals surface area contributed by atoms with Crippen LogP contribution in [0.15, 0.2) is 4.79 Å². The molecule has 0 aromatic carbocycles. The summed E-state index contributed by atoms with van der Waals surface area (Å²) < 4.78 is 0. The molecule has 0 radical (unpaired) electrons. The zero-order chi connectivity index (χ0) is 13.1. The molecule has 2 aliphatic rings. The molecule has 1 aromatic heterocycles. The molecule has 1 aromatic rings. The Morgan fingerprint density at radius 1 is 1.16 bits per heavy atom. The Morgan fingerprint density at radius 2 is 1.95 bits per heavy atom. The van der Waals surface area contributed by atoms with Crippen molar-refractivity contribution in [3.05, 3.63) is 20.2 Å². The van der Waals surface area contributed by atoms with Crippen molar-refractivity contribution in [3.8, 4) is 0 Å². The first-order valence-corrected chi connectivity index (χ1v) is 8.56. The lowest BCUT2D eigenvalue weighted by atomic mass is 9.87. The van der Waals surface area contributed by atoms with Crippen LogP contribution in [-0.2, 0) is 12.8 Å². The van der Waals surface area contributed by atoms with Crippen LogP contribution in [0.2, 0.25) is 0 Å². The summed E-state index contributed by atoms with van der Waals surface area (Å²) >= 11 is 1.41. The summed E-state index contributed by atoms with van der Waals surface area (Å²) in [7, 11) is 0. The maximum atomic E-state index is 11.3. The van der Waals surface area contributed by atoms with Gasteiger partial charge < -0.3 is 9.88 Å². The third-order valence-corrected chi connectivity index (χ3v) is 5.70. The van der Waals surface area contributed by atoms with Gasteiger partial charge in [-0.25, -0.2) is 0 Å². The van der Waals surface area contributed by atoms with Crippen LogP contribution in [0.4, 0.5) is 0 Å². The highest BCUT2D eigenvalue weighted by atomic mass is 32.1. The van der Waals surface area contributed by atoms with E-state index < -0.39 is 0 Å². The Morgan fingerprint density at radius 3 is 2.79 bits per heavy atom. The lowest BCUT2D eigenvalue weighted by molar-refractivity contribution is 0.239. The van der Waals surface area contributed by atoms with Crippen molar-refractivity contribution in [2.24, 2.45) is 5.92 Å². The van der Waals surface area contributed by atoms with Crippen molar-refractivity contribution in [2.75, 3.05) is 19.6 Å². The predicted molar refractivity (Wildman–Crippen MR) is 80.0 cm³/mol. The maximum absolute atomic E-state index is 11.3. The Balaban J connectivity index is 1.48. The van der Waals surface area contributed by atoms with E-state index in [1.54, 1.807) is 0 Å². The molecule has 0 bridgehead atoms. The molecule has 3 rings (SSSR count). The molecule has 1 fully saturated rings. The average Bonchev–Trinajstić information content (AvgIpc) is 2.69. The molecule has 0 saturated heterocycles. The normalized spacial score (nSPS) is 22.1. The molecule has 1 aliphatic heterocycles. The lowest BCUT2D eigenvalue weighted by Gasteiger charge is -2.26. The quantitative estimate of drug-likeness (QED) is 0.924. The number of fused-ring (bicyclic) bond motifs is 1. The number of H-pyrrole nitrogens is 1. The van der Waals surface area contributed by atoms with Gasteiger partial charge in [-0.1, -0.05) is 43.4 Å². The van der Waals surface area contributed by atoms with Crippen molar-refractivity contribution in [2.45, 2.75) is 51.4 Å². The molecule has 0 spiro atoms. The highest BCUT2D eigenvalue weighted by Gasteiger charge is 2.18. The Labute approximate surface area is 119 Å². The fourth-order valence-electron chi connectivity index (χ4n) is 3.50. The van der Waals surface area contributed by atoms with E-state index in [0.717, 1.165) is 31.8 Å². The first-order chi connectivity index (χ1) is 9.31. The molecular weight excluding hydrogens is 256 g/mol. The number of rotatable bonds is 3. The SMILES string of the molecule is O=c1[nH]c2c(s1)CCN(CCC1CCCCC1)CC2. The second kappa shape index (κ2) is 6.23. The van der Waals surface area contributed by atoms with Gasteiger partial charge in [0.2, 0.25) is 0 Å². The van der Waals surface area contributed by atoms with Gasteiger partial charge in [-0.2, -0.15) is 0 Å². The first kappa shape index (κ1) is 13.4. The Kier molecular flexibility index (Phi) is 4.38.